The summed E-state index contributed by atoms with van der Waals surface area (Å²) >= 11 is 0. The summed E-state index contributed by atoms with van der Waals surface area (Å²) in [5.74, 6) is -0.496. The van der Waals surface area contributed by atoms with E-state index in [0.717, 1.165) is 30.0 Å². The Morgan fingerprint density at radius 3 is 2.56 bits per heavy atom. The molecule has 0 bridgehead atoms. The number of carbonyl (C=O) groups is 1. The Kier molecular flexibility index (Phi) is 4.46. The molecule has 3 rings (SSSR count). The van der Waals surface area contributed by atoms with Crippen LogP contribution in [0.1, 0.15) is 21.6 Å². The van der Waals surface area contributed by atoms with E-state index in [0.29, 0.717) is 5.69 Å². The molecule has 1 N–H and O–H groups in total. The Morgan fingerprint density at radius 1 is 1.16 bits per heavy atom. The number of aromatic nitrogens is 4. The molecule has 3 aromatic rings. The predicted molar refractivity (Wildman–Crippen MR) is 81.8 cm³/mol. The summed E-state index contributed by atoms with van der Waals surface area (Å²) in [6, 6.07) is 7.55. The average Bonchev–Trinajstić information content (AvgIpc) is 3.09. The van der Waals surface area contributed by atoms with Gasteiger partial charge in [-0.1, -0.05) is 5.21 Å². The molecule has 0 unspecified atom stereocenters. The fraction of sp³-hybridized carbons (Fsp3) is 0.125. The van der Waals surface area contributed by atoms with Gasteiger partial charge in [0.1, 0.15) is 5.69 Å². The topological polar surface area (TPSA) is 72.7 Å². The average molecular weight is 347 g/mol. The molecular weight excluding hydrogens is 335 g/mol. The number of rotatable bonds is 4. The van der Waals surface area contributed by atoms with Crippen LogP contribution in [0.2, 0.25) is 0 Å². The van der Waals surface area contributed by atoms with Crippen LogP contribution in [0.4, 0.5) is 13.2 Å². The van der Waals surface area contributed by atoms with Crippen LogP contribution in [0.5, 0.6) is 0 Å². The molecule has 0 atom stereocenters. The van der Waals surface area contributed by atoms with Gasteiger partial charge in [0.15, 0.2) is 0 Å². The van der Waals surface area contributed by atoms with Crippen molar-refractivity contribution in [2.75, 3.05) is 0 Å². The van der Waals surface area contributed by atoms with Gasteiger partial charge in [-0.2, -0.15) is 13.2 Å². The molecule has 0 aliphatic rings. The van der Waals surface area contributed by atoms with E-state index in [9.17, 15) is 18.0 Å². The monoisotopic (exact) mass is 347 g/mol. The second-order valence-corrected chi connectivity index (χ2v) is 5.12. The van der Waals surface area contributed by atoms with Crippen molar-refractivity contribution in [2.45, 2.75) is 12.7 Å². The second kappa shape index (κ2) is 6.71. The first-order chi connectivity index (χ1) is 11.9. The highest BCUT2D eigenvalue weighted by Crippen LogP contribution is 2.29. The Balaban J connectivity index is 1.62. The molecule has 0 aliphatic carbocycles. The van der Waals surface area contributed by atoms with E-state index in [4.69, 9.17) is 0 Å². The lowest BCUT2D eigenvalue weighted by Crippen LogP contribution is -2.23. The van der Waals surface area contributed by atoms with Gasteiger partial charge in [0.05, 0.1) is 30.2 Å². The fourth-order valence-electron chi connectivity index (χ4n) is 2.08. The molecule has 9 heteroatoms. The Bertz CT molecular complexity index is 859. The van der Waals surface area contributed by atoms with Crippen LogP contribution in [0, 0.1) is 0 Å². The van der Waals surface area contributed by atoms with Crippen LogP contribution < -0.4 is 5.32 Å². The largest absolute Gasteiger partial charge is 0.416 e. The third kappa shape index (κ3) is 4.00. The van der Waals surface area contributed by atoms with Gasteiger partial charge < -0.3 is 5.32 Å². The number of halogens is 3. The lowest BCUT2D eigenvalue weighted by molar-refractivity contribution is -0.137. The fourth-order valence-corrected chi connectivity index (χ4v) is 2.08. The minimum Gasteiger partial charge on any atom is -0.346 e. The van der Waals surface area contributed by atoms with E-state index in [-0.39, 0.29) is 12.1 Å². The summed E-state index contributed by atoms with van der Waals surface area (Å²) in [4.78, 5) is 16.0. The van der Waals surface area contributed by atoms with E-state index in [1.807, 2.05) is 0 Å². The zero-order valence-corrected chi connectivity index (χ0v) is 12.7. The third-order valence-corrected chi connectivity index (χ3v) is 3.36. The molecule has 1 amide bonds. The molecule has 0 radical (unpaired) electrons. The van der Waals surface area contributed by atoms with Gasteiger partial charge in [-0.05, 0) is 36.4 Å². The molecule has 128 valence electrons. The number of nitrogens with zero attached hydrogens (tertiary/aromatic N) is 4. The number of hydrogen-bond acceptors (Lipinski definition) is 4. The minimum atomic E-state index is -4.43. The van der Waals surface area contributed by atoms with Gasteiger partial charge in [-0.25, -0.2) is 4.68 Å². The van der Waals surface area contributed by atoms with Crippen molar-refractivity contribution in [3.63, 3.8) is 0 Å². The van der Waals surface area contributed by atoms with Crippen LogP contribution in [0.25, 0.3) is 5.69 Å². The lowest BCUT2D eigenvalue weighted by atomic mass is 10.1. The molecule has 0 aliphatic heterocycles. The number of alkyl halides is 3. The maximum absolute atomic E-state index is 12.5. The Labute approximate surface area is 140 Å². The number of nitrogens with one attached hydrogen (secondary N) is 1. The molecule has 2 heterocycles. The number of benzene rings is 1. The van der Waals surface area contributed by atoms with Gasteiger partial charge in [-0.15, -0.1) is 5.10 Å². The maximum atomic E-state index is 12.5. The van der Waals surface area contributed by atoms with Crippen LogP contribution in [0.3, 0.4) is 0 Å². The SMILES string of the molecule is O=C(NCc1cn(-c2cccnc2)nn1)c1ccc(C(F)(F)F)cc1. The van der Waals surface area contributed by atoms with Crippen molar-refractivity contribution in [3.05, 3.63) is 71.8 Å². The maximum Gasteiger partial charge on any atom is 0.416 e. The highest BCUT2D eigenvalue weighted by atomic mass is 19.4. The molecule has 0 saturated carbocycles. The first kappa shape index (κ1) is 16.6. The molecule has 0 saturated heterocycles. The summed E-state index contributed by atoms with van der Waals surface area (Å²) in [6.45, 7) is 0.0973. The second-order valence-electron chi connectivity index (χ2n) is 5.12. The quantitative estimate of drug-likeness (QED) is 0.787. The Hall–Kier alpha value is -3.23. The molecule has 0 spiro atoms. The van der Waals surface area contributed by atoms with Gasteiger partial charge in [0.2, 0.25) is 0 Å². The first-order valence-electron chi connectivity index (χ1n) is 7.20. The normalized spacial score (nSPS) is 11.3. The van der Waals surface area contributed by atoms with E-state index >= 15 is 0 Å². The number of carbonyl (C=O) groups excluding carboxylic acids is 1. The van der Waals surface area contributed by atoms with E-state index in [2.05, 4.69) is 20.6 Å². The predicted octanol–water partition coefficient (Wildman–Crippen LogP) is 2.61. The summed E-state index contributed by atoms with van der Waals surface area (Å²) in [5, 5.41) is 10.4. The van der Waals surface area contributed by atoms with Crippen molar-refractivity contribution >= 4 is 5.91 Å². The van der Waals surface area contributed by atoms with Gasteiger partial charge in [-0.3, -0.25) is 9.78 Å². The summed E-state index contributed by atoms with van der Waals surface area (Å²) in [7, 11) is 0. The van der Waals surface area contributed by atoms with Crippen molar-refractivity contribution in [2.24, 2.45) is 0 Å². The van der Waals surface area contributed by atoms with Crippen molar-refractivity contribution in [3.8, 4) is 5.69 Å². The van der Waals surface area contributed by atoms with Crippen molar-refractivity contribution in [1.29, 1.82) is 0 Å². The van der Waals surface area contributed by atoms with Gasteiger partial charge in [0, 0.05) is 11.8 Å². The smallest absolute Gasteiger partial charge is 0.346 e. The molecule has 1 aromatic carbocycles. The Morgan fingerprint density at radius 2 is 1.92 bits per heavy atom. The van der Waals surface area contributed by atoms with Crippen molar-refractivity contribution < 1.29 is 18.0 Å². The summed E-state index contributed by atoms with van der Waals surface area (Å²) < 4.78 is 39.0. The molecule has 6 nitrogen and oxygen atoms in total. The first-order valence-corrected chi connectivity index (χ1v) is 7.20. The number of amides is 1. The van der Waals surface area contributed by atoms with Crippen LogP contribution in [-0.2, 0) is 12.7 Å². The van der Waals surface area contributed by atoms with Crippen LogP contribution >= 0.6 is 0 Å². The number of pyridine rings is 1. The summed E-state index contributed by atoms with van der Waals surface area (Å²) in [5.41, 5.74) is 0.551. The van der Waals surface area contributed by atoms with E-state index in [1.54, 1.807) is 30.7 Å². The van der Waals surface area contributed by atoms with E-state index < -0.39 is 17.6 Å². The lowest BCUT2D eigenvalue weighted by Gasteiger charge is -2.07. The van der Waals surface area contributed by atoms with Crippen LogP contribution in [-0.4, -0.2) is 25.9 Å². The van der Waals surface area contributed by atoms with Crippen LogP contribution in [0.15, 0.2) is 55.0 Å². The zero-order chi connectivity index (χ0) is 17.9. The molecular formula is C16H12F3N5O. The highest BCUT2D eigenvalue weighted by Gasteiger charge is 2.30. The molecule has 25 heavy (non-hydrogen) atoms. The summed E-state index contributed by atoms with van der Waals surface area (Å²) in [6.07, 6.45) is 0.439. The highest BCUT2D eigenvalue weighted by molar-refractivity contribution is 5.94. The van der Waals surface area contributed by atoms with E-state index in [1.165, 1.54) is 4.68 Å². The van der Waals surface area contributed by atoms with Gasteiger partial charge in [0.25, 0.3) is 5.91 Å². The van der Waals surface area contributed by atoms with Gasteiger partial charge >= 0.3 is 6.18 Å². The molecule has 0 fully saturated rings. The molecule has 2 aromatic heterocycles. The third-order valence-electron chi connectivity index (χ3n) is 3.36. The van der Waals surface area contributed by atoms with Crippen molar-refractivity contribution in [1.82, 2.24) is 25.3 Å². The minimum absolute atomic E-state index is 0.0973. The number of hydrogen-bond donors (Lipinski definition) is 1. The standard InChI is InChI=1S/C16H12F3N5O/c17-16(18,19)12-5-3-11(4-6-12)15(25)21-8-13-10-24(23-22-13)14-2-1-7-20-9-14/h1-7,9-10H,8H2,(H,21,25). The zero-order valence-electron chi connectivity index (χ0n) is 12.7.